The summed E-state index contributed by atoms with van der Waals surface area (Å²) in [5, 5.41) is 4.13. The van der Waals surface area contributed by atoms with Gasteiger partial charge in [-0.1, -0.05) is 6.07 Å². The van der Waals surface area contributed by atoms with Crippen LogP contribution in [0.25, 0.3) is 10.9 Å². The molecule has 0 radical (unpaired) electrons. The van der Waals surface area contributed by atoms with E-state index in [1.807, 2.05) is 52.8 Å². The highest BCUT2D eigenvalue weighted by Crippen LogP contribution is 2.61. The lowest BCUT2D eigenvalue weighted by Gasteiger charge is -2.54. The van der Waals surface area contributed by atoms with Crippen LogP contribution in [0.5, 0.6) is 5.75 Å². The Morgan fingerprint density at radius 1 is 1.16 bits per heavy atom. The fraction of sp³-hybridized carbons (Fsp3) is 0.545. The van der Waals surface area contributed by atoms with Crippen LogP contribution in [-0.2, 0) is 16.0 Å². The number of aryl methyl sites for hydroxylation is 1. The van der Waals surface area contributed by atoms with Gasteiger partial charge in [-0.25, -0.2) is 23.4 Å². The Balaban J connectivity index is 1.58. The van der Waals surface area contributed by atoms with Crippen LogP contribution in [0.15, 0.2) is 30.5 Å². The fourth-order valence-corrected chi connectivity index (χ4v) is 6.88. The first kappa shape index (κ1) is 31.7. The molecule has 0 amide bonds. The van der Waals surface area contributed by atoms with Crippen LogP contribution in [0, 0.1) is 12.3 Å². The maximum atomic E-state index is 14.3. The predicted octanol–water partition coefficient (Wildman–Crippen LogP) is 7.11. The van der Waals surface area contributed by atoms with Crippen molar-refractivity contribution in [1.82, 2.24) is 14.5 Å². The van der Waals surface area contributed by atoms with Crippen LogP contribution in [0.2, 0.25) is 0 Å². The van der Waals surface area contributed by atoms with Gasteiger partial charge >= 0.3 is 12.1 Å². The number of carbonyl (C=O) groups excluding carboxylic acids is 2. The summed E-state index contributed by atoms with van der Waals surface area (Å²) in [7, 11) is 2.92. The summed E-state index contributed by atoms with van der Waals surface area (Å²) < 4.78 is 46.5. The zero-order chi connectivity index (χ0) is 32.0. The van der Waals surface area contributed by atoms with E-state index in [0.717, 1.165) is 27.6 Å². The molecule has 44 heavy (non-hydrogen) atoms. The SMILES string of the molecule is CCNc1nc(C(=O)OC)ccc1[C@H]1CC2(CCN1Cc1c(OC)cc(C)c3c1ccn3C(=O)OC(C)(C)C)CC(F)(F)C2. The second-order valence-corrected chi connectivity index (χ2v) is 13.1. The van der Waals surface area contributed by atoms with Gasteiger partial charge in [-0.3, -0.25) is 9.47 Å². The normalized spacial score (nSPS) is 19.4. The summed E-state index contributed by atoms with van der Waals surface area (Å²) in [4.78, 5) is 32.3. The monoisotopic (exact) mass is 612 g/mol. The molecule has 3 aromatic rings. The Morgan fingerprint density at radius 3 is 2.50 bits per heavy atom. The molecule has 1 N–H and O–H groups in total. The molecule has 0 bridgehead atoms. The van der Waals surface area contributed by atoms with E-state index >= 15 is 0 Å². The first-order valence-electron chi connectivity index (χ1n) is 15.1. The topological polar surface area (TPSA) is 94.9 Å². The van der Waals surface area contributed by atoms with Crippen molar-refractivity contribution in [3.05, 3.63) is 52.8 Å². The first-order chi connectivity index (χ1) is 20.7. The smallest absolute Gasteiger partial charge is 0.419 e. The van der Waals surface area contributed by atoms with E-state index in [1.165, 1.54) is 11.7 Å². The van der Waals surface area contributed by atoms with Gasteiger partial charge < -0.3 is 19.5 Å². The van der Waals surface area contributed by atoms with Gasteiger partial charge in [0.1, 0.15) is 17.2 Å². The second-order valence-electron chi connectivity index (χ2n) is 13.1. The van der Waals surface area contributed by atoms with E-state index in [0.29, 0.717) is 44.0 Å². The number of methoxy groups -OCH3 is 2. The third-order valence-electron chi connectivity index (χ3n) is 8.69. The van der Waals surface area contributed by atoms with Gasteiger partial charge in [0.2, 0.25) is 5.92 Å². The minimum Gasteiger partial charge on any atom is -0.496 e. The molecule has 3 heterocycles. The molecule has 1 aliphatic carbocycles. The molecular weight excluding hydrogens is 570 g/mol. The lowest BCUT2D eigenvalue weighted by atomic mass is 9.59. The van der Waals surface area contributed by atoms with E-state index in [9.17, 15) is 18.4 Å². The summed E-state index contributed by atoms with van der Waals surface area (Å²) in [5.41, 5.74) is 2.36. The Kier molecular flexibility index (Phi) is 8.39. The van der Waals surface area contributed by atoms with Gasteiger partial charge in [0.15, 0.2) is 5.69 Å². The molecule has 1 saturated carbocycles. The van der Waals surface area contributed by atoms with Crippen LogP contribution in [0.1, 0.15) is 86.6 Å². The molecule has 0 unspecified atom stereocenters. The molecule has 1 saturated heterocycles. The summed E-state index contributed by atoms with van der Waals surface area (Å²) in [6, 6.07) is 7.03. The number of anilines is 1. The van der Waals surface area contributed by atoms with Gasteiger partial charge in [0, 0.05) is 54.7 Å². The van der Waals surface area contributed by atoms with Crippen molar-refractivity contribution in [1.29, 1.82) is 0 Å². The number of nitrogens with zero attached hydrogens (tertiary/aromatic N) is 3. The van der Waals surface area contributed by atoms with Crippen LogP contribution < -0.4 is 10.1 Å². The Morgan fingerprint density at radius 2 is 1.89 bits per heavy atom. The van der Waals surface area contributed by atoms with E-state index in [4.69, 9.17) is 14.2 Å². The van der Waals surface area contributed by atoms with E-state index in [2.05, 4.69) is 15.2 Å². The zero-order valence-electron chi connectivity index (χ0n) is 26.6. The first-order valence-corrected chi connectivity index (χ1v) is 15.1. The highest BCUT2D eigenvalue weighted by Gasteiger charge is 2.58. The molecule has 1 aliphatic heterocycles. The number of rotatable bonds is 7. The number of hydrogen-bond acceptors (Lipinski definition) is 8. The molecule has 2 aromatic heterocycles. The number of carbonyl (C=O) groups is 2. The predicted molar refractivity (Wildman–Crippen MR) is 164 cm³/mol. The number of likely N-dealkylation sites (tertiary alicyclic amines) is 1. The number of aromatic nitrogens is 2. The number of benzene rings is 1. The van der Waals surface area contributed by atoms with Crippen molar-refractivity contribution in [3.8, 4) is 5.75 Å². The Hall–Kier alpha value is -3.73. The van der Waals surface area contributed by atoms with Crippen molar-refractivity contribution in [2.45, 2.75) is 84.4 Å². The number of piperidine rings is 1. The summed E-state index contributed by atoms with van der Waals surface area (Å²) in [6.45, 7) is 10.9. The quantitative estimate of drug-likeness (QED) is 0.282. The maximum absolute atomic E-state index is 14.3. The number of hydrogen-bond donors (Lipinski definition) is 1. The molecular formula is C33H42F2N4O5. The van der Waals surface area contributed by atoms with Crippen LogP contribution in [0.4, 0.5) is 19.4 Å². The standard InChI is InChI=1S/C33H42F2N4O5/c1-8-36-28-22(9-10-24(37-28)29(40)43-7)25-16-32(18-33(34,35)19-32)12-14-38(25)17-23-21-11-13-39(30(41)44-31(3,4)5)27(21)20(2)15-26(23)42-6/h9-11,13,15,25H,8,12,14,16-19H2,1-7H3,(H,36,37)/t25-/m1/s1. The zero-order valence-corrected chi connectivity index (χ0v) is 26.6. The number of pyridine rings is 1. The van der Waals surface area contributed by atoms with Crippen molar-refractivity contribution in [2.24, 2.45) is 5.41 Å². The van der Waals surface area contributed by atoms with Crippen molar-refractivity contribution in [3.63, 3.8) is 0 Å². The number of ether oxygens (including phenoxy) is 3. The molecule has 9 nitrogen and oxygen atoms in total. The van der Waals surface area contributed by atoms with Crippen molar-refractivity contribution >= 4 is 28.8 Å². The number of alkyl halides is 2. The molecule has 1 atom stereocenters. The van der Waals surface area contributed by atoms with Crippen LogP contribution >= 0.6 is 0 Å². The second kappa shape index (κ2) is 11.6. The number of nitrogens with one attached hydrogen (secondary N) is 1. The third kappa shape index (κ3) is 6.11. The molecule has 1 spiro atoms. The average Bonchev–Trinajstić information content (AvgIpc) is 3.39. The maximum Gasteiger partial charge on any atom is 0.419 e. The molecule has 1 aromatic carbocycles. The molecule has 2 fully saturated rings. The minimum atomic E-state index is -2.65. The van der Waals surface area contributed by atoms with E-state index < -0.39 is 29.0 Å². The highest BCUT2D eigenvalue weighted by atomic mass is 19.3. The van der Waals surface area contributed by atoms with E-state index in [-0.39, 0.29) is 24.6 Å². The highest BCUT2D eigenvalue weighted by molar-refractivity contribution is 5.95. The largest absolute Gasteiger partial charge is 0.496 e. The minimum absolute atomic E-state index is 0.134. The van der Waals surface area contributed by atoms with Gasteiger partial charge in [-0.2, -0.15) is 0 Å². The van der Waals surface area contributed by atoms with E-state index in [1.54, 1.807) is 19.4 Å². The lowest BCUT2D eigenvalue weighted by Crippen LogP contribution is -2.53. The van der Waals surface area contributed by atoms with Gasteiger partial charge in [0.05, 0.1) is 19.7 Å². The average molecular weight is 613 g/mol. The molecule has 2 aliphatic rings. The summed E-state index contributed by atoms with van der Waals surface area (Å²) in [6.07, 6.45) is 2.14. The number of halogens is 2. The van der Waals surface area contributed by atoms with Gasteiger partial charge in [-0.05, 0) is 83.2 Å². The summed E-state index contributed by atoms with van der Waals surface area (Å²) in [5.74, 6) is -1.99. The van der Waals surface area contributed by atoms with Crippen molar-refractivity contribution in [2.75, 3.05) is 32.6 Å². The summed E-state index contributed by atoms with van der Waals surface area (Å²) >= 11 is 0. The molecule has 11 heteroatoms. The molecule has 238 valence electrons. The van der Waals surface area contributed by atoms with Gasteiger partial charge in [-0.15, -0.1) is 0 Å². The Labute approximate surface area is 256 Å². The van der Waals surface area contributed by atoms with Crippen LogP contribution in [0.3, 0.4) is 0 Å². The third-order valence-corrected chi connectivity index (χ3v) is 8.69. The lowest BCUT2D eigenvalue weighted by molar-refractivity contribution is -0.186. The van der Waals surface area contributed by atoms with Gasteiger partial charge in [0.25, 0.3) is 0 Å². The molecule has 5 rings (SSSR count). The fourth-order valence-electron chi connectivity index (χ4n) is 6.88. The number of esters is 1. The van der Waals surface area contributed by atoms with Crippen LogP contribution in [-0.4, -0.2) is 65.3 Å². The van der Waals surface area contributed by atoms with Crippen molar-refractivity contribution < 1.29 is 32.6 Å². The Bertz CT molecular complexity index is 1570. The number of fused-ring (bicyclic) bond motifs is 1.